The molecule has 0 radical (unpaired) electrons. The summed E-state index contributed by atoms with van der Waals surface area (Å²) in [7, 11) is 0. The number of hydrogen-bond donors (Lipinski definition) is 4. The van der Waals surface area contributed by atoms with Crippen LogP contribution in [0.25, 0.3) is 11.2 Å². The Bertz CT molecular complexity index is 2160. The van der Waals surface area contributed by atoms with E-state index in [-0.39, 0.29) is 42.0 Å². The van der Waals surface area contributed by atoms with Crippen LogP contribution >= 0.6 is 0 Å². The fraction of sp³-hybridized carbons (Fsp3) is 0.475. The molecule has 1 aliphatic carbocycles. The first kappa shape index (κ1) is 37.2. The number of fused-ring (bicyclic) bond motifs is 2. The summed E-state index contributed by atoms with van der Waals surface area (Å²) < 4.78 is 2.10. The summed E-state index contributed by atoms with van der Waals surface area (Å²) in [4.78, 5) is 84.2. The van der Waals surface area contributed by atoms with Gasteiger partial charge in [0.05, 0.1) is 17.5 Å². The average Bonchev–Trinajstić information content (AvgIpc) is 3.71. The molecular formula is C40H47N11O5. The summed E-state index contributed by atoms with van der Waals surface area (Å²) in [5, 5.41) is 12.3. The SMILES string of the molecule is Cc1cccc(C(=O)NC2CC(n3cnc4c(NC5CCN(CCCCCCNc6ccc7c(c6)C(=O)N(C6CCC(=O)NC6=O)C7=O)CC5)ncnc43)C2)n1. The minimum absolute atomic E-state index is 0.0862. The van der Waals surface area contributed by atoms with Crippen LogP contribution < -0.4 is 21.3 Å². The first-order chi connectivity index (χ1) is 27.2. The largest absolute Gasteiger partial charge is 0.385 e. The lowest BCUT2D eigenvalue weighted by atomic mass is 9.86. The quantitative estimate of drug-likeness (QED) is 0.108. The molecule has 0 bridgehead atoms. The number of hydrogen-bond acceptors (Lipinski definition) is 12. The van der Waals surface area contributed by atoms with E-state index in [2.05, 4.69) is 45.7 Å². The van der Waals surface area contributed by atoms with E-state index in [1.54, 1.807) is 30.6 Å². The molecule has 1 aromatic carbocycles. The normalized spacial score (nSPS) is 21.5. The van der Waals surface area contributed by atoms with Gasteiger partial charge in [-0.3, -0.25) is 34.2 Å². The van der Waals surface area contributed by atoms with Gasteiger partial charge in [0, 0.05) is 55.6 Å². The standard InChI is InChI=1S/C40H47N11O5/c1-24-7-6-8-31(45-24)37(53)47-27-19-28(20-27)50-23-44-34-35(42-22-43-36(34)50)46-25-13-17-49(18-14-25)16-5-3-2-4-15-41-26-9-10-29-30(21-26)40(56)51(39(29)55)32-11-12-33(52)48-38(32)54/h6-10,21-23,25,27-28,32,41H,2-5,11-20H2,1H3,(H,47,53)(H,42,43,46)(H,48,52,54). The maximum Gasteiger partial charge on any atom is 0.270 e. The lowest BCUT2D eigenvalue weighted by molar-refractivity contribution is -0.136. The Morgan fingerprint density at radius 3 is 2.50 bits per heavy atom. The number of imide groups is 2. The van der Waals surface area contributed by atoms with E-state index in [9.17, 15) is 24.0 Å². The molecule has 3 aromatic heterocycles. The number of aromatic nitrogens is 5. The maximum atomic E-state index is 13.1. The molecule has 292 valence electrons. The number of rotatable bonds is 14. The molecule has 4 N–H and O–H groups in total. The van der Waals surface area contributed by atoms with Gasteiger partial charge in [0.2, 0.25) is 11.8 Å². The molecule has 1 saturated carbocycles. The van der Waals surface area contributed by atoms with Crippen LogP contribution in [0.2, 0.25) is 0 Å². The lowest BCUT2D eigenvalue weighted by Crippen LogP contribution is -2.54. The maximum absolute atomic E-state index is 13.1. The Hall–Kier alpha value is -5.77. The zero-order valence-corrected chi connectivity index (χ0v) is 31.5. The highest BCUT2D eigenvalue weighted by atomic mass is 16.2. The number of nitrogens with zero attached hydrogens (tertiary/aromatic N) is 7. The number of piperidine rings is 2. The van der Waals surface area contributed by atoms with Crippen LogP contribution in [0.3, 0.4) is 0 Å². The van der Waals surface area contributed by atoms with Crippen molar-refractivity contribution in [2.24, 2.45) is 0 Å². The first-order valence-electron chi connectivity index (χ1n) is 19.7. The summed E-state index contributed by atoms with van der Waals surface area (Å²) >= 11 is 0. The van der Waals surface area contributed by atoms with E-state index in [1.165, 1.54) is 0 Å². The summed E-state index contributed by atoms with van der Waals surface area (Å²) in [6.07, 6.45) is 11.6. The van der Waals surface area contributed by atoms with Crippen molar-refractivity contribution >= 4 is 52.2 Å². The summed E-state index contributed by atoms with van der Waals surface area (Å²) in [5.41, 5.74) is 4.16. The van der Waals surface area contributed by atoms with Gasteiger partial charge in [-0.2, -0.15) is 0 Å². The molecule has 1 unspecified atom stereocenters. The van der Waals surface area contributed by atoms with Crippen molar-refractivity contribution in [1.29, 1.82) is 0 Å². The number of amides is 5. The third-order valence-electron chi connectivity index (χ3n) is 11.4. The monoisotopic (exact) mass is 761 g/mol. The van der Waals surface area contributed by atoms with Crippen molar-refractivity contribution in [3.05, 3.63) is 71.6 Å². The highest BCUT2D eigenvalue weighted by Crippen LogP contribution is 2.35. The molecule has 6 heterocycles. The zero-order chi connectivity index (χ0) is 38.8. The highest BCUT2D eigenvalue weighted by Gasteiger charge is 2.44. The van der Waals surface area contributed by atoms with Crippen molar-refractivity contribution < 1.29 is 24.0 Å². The van der Waals surface area contributed by atoms with Crippen LogP contribution in [0.4, 0.5) is 11.5 Å². The number of pyridine rings is 1. The predicted molar refractivity (Wildman–Crippen MR) is 207 cm³/mol. The summed E-state index contributed by atoms with van der Waals surface area (Å²) in [5.74, 6) is -1.37. The van der Waals surface area contributed by atoms with E-state index in [0.717, 1.165) is 111 Å². The number of likely N-dealkylation sites (tertiary alicyclic amines) is 1. The second-order valence-corrected chi connectivity index (χ2v) is 15.3. The van der Waals surface area contributed by atoms with Crippen LogP contribution in [0, 0.1) is 6.92 Å². The molecule has 16 nitrogen and oxygen atoms in total. The molecular weight excluding hydrogens is 715 g/mol. The molecule has 0 spiro atoms. The Balaban J connectivity index is 0.721. The smallest absolute Gasteiger partial charge is 0.270 e. The van der Waals surface area contributed by atoms with Gasteiger partial charge in [-0.25, -0.2) is 19.9 Å². The van der Waals surface area contributed by atoms with E-state index >= 15 is 0 Å². The molecule has 5 amide bonds. The molecule has 3 fully saturated rings. The van der Waals surface area contributed by atoms with E-state index in [4.69, 9.17) is 4.98 Å². The number of carbonyl (C=O) groups excluding carboxylic acids is 5. The van der Waals surface area contributed by atoms with Crippen LogP contribution in [0.5, 0.6) is 0 Å². The fourth-order valence-electron chi connectivity index (χ4n) is 8.21. The highest BCUT2D eigenvalue weighted by molar-refractivity contribution is 6.23. The number of aryl methyl sites for hydroxylation is 1. The van der Waals surface area contributed by atoms with Gasteiger partial charge in [0.25, 0.3) is 17.7 Å². The van der Waals surface area contributed by atoms with Crippen LogP contribution in [-0.4, -0.2) is 108 Å². The first-order valence-corrected chi connectivity index (χ1v) is 19.7. The summed E-state index contributed by atoms with van der Waals surface area (Å²) in [6, 6.07) is 10.2. The Kier molecular flexibility index (Phi) is 10.7. The second kappa shape index (κ2) is 16.1. The molecule has 2 saturated heterocycles. The number of carbonyl (C=O) groups is 5. The summed E-state index contributed by atoms with van der Waals surface area (Å²) in [6.45, 7) is 5.74. The topological polar surface area (TPSA) is 196 Å². The molecule has 8 rings (SSSR count). The predicted octanol–water partition coefficient (Wildman–Crippen LogP) is 3.61. The van der Waals surface area contributed by atoms with Gasteiger partial charge in [-0.15, -0.1) is 0 Å². The molecule has 3 aliphatic heterocycles. The van der Waals surface area contributed by atoms with Crippen LogP contribution in [0.15, 0.2) is 49.1 Å². The van der Waals surface area contributed by atoms with Crippen molar-refractivity contribution in [1.82, 2.24) is 44.9 Å². The van der Waals surface area contributed by atoms with Crippen molar-refractivity contribution in [2.45, 2.75) is 95.3 Å². The fourth-order valence-corrected chi connectivity index (χ4v) is 8.21. The van der Waals surface area contributed by atoms with Gasteiger partial charge >= 0.3 is 0 Å². The number of nitrogens with one attached hydrogen (secondary N) is 4. The third-order valence-corrected chi connectivity index (χ3v) is 11.4. The Labute approximate surface area is 324 Å². The van der Waals surface area contributed by atoms with E-state index in [1.807, 2.05) is 25.4 Å². The lowest BCUT2D eigenvalue weighted by Gasteiger charge is -2.36. The second-order valence-electron chi connectivity index (χ2n) is 15.3. The van der Waals surface area contributed by atoms with Crippen molar-refractivity contribution in [3.8, 4) is 0 Å². The Morgan fingerprint density at radius 1 is 0.893 bits per heavy atom. The minimum Gasteiger partial charge on any atom is -0.385 e. The van der Waals surface area contributed by atoms with Crippen LogP contribution in [0.1, 0.15) is 107 Å². The van der Waals surface area contributed by atoms with Crippen LogP contribution in [-0.2, 0) is 9.59 Å². The minimum atomic E-state index is -0.966. The zero-order valence-electron chi connectivity index (χ0n) is 31.5. The van der Waals surface area contributed by atoms with Crippen molar-refractivity contribution in [2.75, 3.05) is 36.8 Å². The van der Waals surface area contributed by atoms with E-state index in [0.29, 0.717) is 11.7 Å². The van der Waals surface area contributed by atoms with Gasteiger partial charge in [0.1, 0.15) is 23.6 Å². The molecule has 4 aromatic rings. The number of unbranched alkanes of at least 4 members (excludes halogenated alkanes) is 3. The van der Waals surface area contributed by atoms with Gasteiger partial charge in [-0.1, -0.05) is 18.9 Å². The molecule has 1 atom stereocenters. The molecule has 16 heteroatoms. The van der Waals surface area contributed by atoms with Gasteiger partial charge < -0.3 is 25.4 Å². The molecule has 56 heavy (non-hydrogen) atoms. The average molecular weight is 762 g/mol. The van der Waals surface area contributed by atoms with Crippen molar-refractivity contribution in [3.63, 3.8) is 0 Å². The van der Waals surface area contributed by atoms with Gasteiger partial charge in [-0.05, 0) is 88.7 Å². The third kappa shape index (κ3) is 7.83. The molecule has 4 aliphatic rings. The number of imidazole rings is 1. The number of anilines is 2. The Morgan fingerprint density at radius 2 is 1.70 bits per heavy atom. The number of benzene rings is 1. The van der Waals surface area contributed by atoms with Gasteiger partial charge in [0.15, 0.2) is 11.5 Å². The van der Waals surface area contributed by atoms with E-state index < -0.39 is 29.7 Å².